The van der Waals surface area contributed by atoms with E-state index in [4.69, 9.17) is 11.5 Å². The first-order chi connectivity index (χ1) is 32.3. The van der Waals surface area contributed by atoms with E-state index in [1.807, 2.05) is 0 Å². The Hall–Kier alpha value is -3.52. The van der Waals surface area contributed by atoms with E-state index in [1.54, 1.807) is 0 Å². The molecule has 364 valence electrons. The standard InChI is InChI=1S/C64H98N2/c1-6-9-12-15-18-21-24-27-30-53-45-47-64(48-46-53,56-37-33-54(34-38-56)62(60-43-41-58(65)49-51(60)4)31-28-25-22-19-16-13-10-7-2)57-39-35-55(36-40-57)63(61-44-42-59(66)50-52(61)5)32-29-26-23-20-17-14-11-8-3/h33-44,49-50,53,62-63H,6-32,45-48,65-66H2,1-5H3. The SMILES string of the molecule is CCCCCCCCCCC1CCC(c2ccc(C(CCCCCCCCCC)c3ccc(N)cc3C)cc2)(c2ccc(C(CCCCCCCCCC)c3ccc(N)cc3C)cc2)CC1. The summed E-state index contributed by atoms with van der Waals surface area (Å²) in [5.41, 5.74) is 25.9. The van der Waals surface area contributed by atoms with Crippen molar-refractivity contribution in [3.63, 3.8) is 0 Å². The van der Waals surface area contributed by atoms with Crippen molar-refractivity contribution in [1.29, 1.82) is 0 Å². The van der Waals surface area contributed by atoms with Crippen molar-refractivity contribution in [3.05, 3.63) is 129 Å². The molecule has 2 heteroatoms. The van der Waals surface area contributed by atoms with Crippen molar-refractivity contribution in [2.24, 2.45) is 5.92 Å². The smallest absolute Gasteiger partial charge is 0.0316 e. The van der Waals surface area contributed by atoms with E-state index in [9.17, 15) is 0 Å². The van der Waals surface area contributed by atoms with Crippen LogP contribution in [0.25, 0.3) is 0 Å². The molecule has 0 amide bonds. The number of benzene rings is 4. The maximum atomic E-state index is 6.31. The summed E-state index contributed by atoms with van der Waals surface area (Å²) in [6.45, 7) is 11.5. The van der Waals surface area contributed by atoms with E-state index in [-0.39, 0.29) is 5.41 Å². The molecule has 66 heavy (non-hydrogen) atoms. The molecule has 1 saturated carbocycles. The Kier molecular flexibility index (Phi) is 24.3. The Bertz CT molecular complexity index is 1760. The monoisotopic (exact) mass is 895 g/mol. The van der Waals surface area contributed by atoms with Crippen LogP contribution in [-0.4, -0.2) is 0 Å². The summed E-state index contributed by atoms with van der Waals surface area (Å²) in [6.07, 6.45) is 41.8. The van der Waals surface area contributed by atoms with Crippen LogP contribution >= 0.6 is 0 Å². The number of nitrogens with two attached hydrogens (primary N) is 2. The summed E-state index contributed by atoms with van der Waals surface area (Å²) in [7, 11) is 0. The van der Waals surface area contributed by atoms with Gasteiger partial charge in [0.1, 0.15) is 0 Å². The minimum absolute atomic E-state index is 0.0433. The highest BCUT2D eigenvalue weighted by Crippen LogP contribution is 2.49. The molecule has 2 atom stereocenters. The zero-order chi connectivity index (χ0) is 46.8. The van der Waals surface area contributed by atoms with Gasteiger partial charge < -0.3 is 11.5 Å². The van der Waals surface area contributed by atoms with Crippen molar-refractivity contribution in [1.82, 2.24) is 0 Å². The largest absolute Gasteiger partial charge is 0.399 e. The van der Waals surface area contributed by atoms with Crippen LogP contribution < -0.4 is 11.5 Å². The van der Waals surface area contributed by atoms with Gasteiger partial charge >= 0.3 is 0 Å². The molecule has 0 heterocycles. The lowest BCUT2D eigenvalue weighted by atomic mass is 9.62. The molecule has 4 aromatic rings. The van der Waals surface area contributed by atoms with Crippen LogP contribution in [0.4, 0.5) is 11.4 Å². The Morgan fingerprint density at radius 1 is 0.424 bits per heavy atom. The highest BCUT2D eigenvalue weighted by atomic mass is 14.5. The average molecular weight is 896 g/mol. The fourth-order valence-corrected chi connectivity index (χ4v) is 12.0. The third-order valence-electron chi connectivity index (χ3n) is 16.2. The molecule has 5 rings (SSSR count). The van der Waals surface area contributed by atoms with Crippen molar-refractivity contribution < 1.29 is 0 Å². The van der Waals surface area contributed by atoms with E-state index < -0.39 is 0 Å². The number of anilines is 2. The topological polar surface area (TPSA) is 52.0 Å². The maximum absolute atomic E-state index is 6.31. The zero-order valence-corrected chi connectivity index (χ0v) is 43.4. The van der Waals surface area contributed by atoms with Crippen molar-refractivity contribution in [2.45, 2.75) is 251 Å². The molecular weight excluding hydrogens is 797 g/mol. The molecule has 0 saturated heterocycles. The lowest BCUT2D eigenvalue weighted by molar-refractivity contribution is 0.250. The van der Waals surface area contributed by atoms with Crippen LogP contribution in [0.3, 0.4) is 0 Å². The van der Waals surface area contributed by atoms with Gasteiger partial charge in [0.05, 0.1) is 0 Å². The van der Waals surface area contributed by atoms with Gasteiger partial charge in [-0.3, -0.25) is 0 Å². The number of aryl methyl sites for hydroxylation is 2. The first kappa shape index (κ1) is 53.4. The number of hydrogen-bond donors (Lipinski definition) is 2. The molecule has 2 nitrogen and oxygen atoms in total. The Morgan fingerprint density at radius 3 is 1.11 bits per heavy atom. The van der Waals surface area contributed by atoms with E-state index >= 15 is 0 Å². The van der Waals surface area contributed by atoms with Gasteiger partial charge in [0.25, 0.3) is 0 Å². The first-order valence-electron chi connectivity index (χ1n) is 28.2. The zero-order valence-electron chi connectivity index (χ0n) is 43.4. The average Bonchev–Trinajstić information content (AvgIpc) is 3.32. The van der Waals surface area contributed by atoms with E-state index in [0.29, 0.717) is 11.8 Å². The molecular formula is C64H98N2. The quantitative estimate of drug-likeness (QED) is 0.0370. The fourth-order valence-electron chi connectivity index (χ4n) is 12.0. The molecule has 1 aliphatic carbocycles. The van der Waals surface area contributed by atoms with Crippen LogP contribution in [0.5, 0.6) is 0 Å². The van der Waals surface area contributed by atoms with Gasteiger partial charge in [-0.05, 0) is 127 Å². The third-order valence-corrected chi connectivity index (χ3v) is 16.2. The Labute approximate surface area is 407 Å². The lowest BCUT2D eigenvalue weighted by Crippen LogP contribution is -2.33. The summed E-state index contributed by atoms with van der Waals surface area (Å²) >= 11 is 0. The van der Waals surface area contributed by atoms with Gasteiger partial charge in [0.2, 0.25) is 0 Å². The molecule has 0 aromatic heterocycles. The second kappa shape index (κ2) is 30.1. The molecule has 0 aliphatic heterocycles. The lowest BCUT2D eigenvalue weighted by Gasteiger charge is -2.42. The number of rotatable bonds is 33. The van der Waals surface area contributed by atoms with Crippen LogP contribution in [-0.2, 0) is 5.41 Å². The van der Waals surface area contributed by atoms with E-state index in [1.165, 1.54) is 244 Å². The Balaban J connectivity index is 1.37. The Morgan fingerprint density at radius 2 is 0.758 bits per heavy atom. The first-order valence-corrected chi connectivity index (χ1v) is 28.2. The maximum Gasteiger partial charge on any atom is 0.0316 e. The molecule has 4 aromatic carbocycles. The molecule has 1 aliphatic rings. The minimum Gasteiger partial charge on any atom is -0.399 e. The number of hydrogen-bond acceptors (Lipinski definition) is 2. The summed E-state index contributed by atoms with van der Waals surface area (Å²) in [5.74, 6) is 1.64. The number of nitrogen functional groups attached to an aromatic ring is 2. The highest BCUT2D eigenvalue weighted by molar-refractivity contribution is 5.51. The minimum atomic E-state index is 0.0433. The van der Waals surface area contributed by atoms with Gasteiger partial charge in [-0.15, -0.1) is 0 Å². The molecule has 0 spiro atoms. The van der Waals surface area contributed by atoms with Gasteiger partial charge in [0, 0.05) is 28.6 Å². The van der Waals surface area contributed by atoms with Crippen LogP contribution in [0, 0.1) is 19.8 Å². The van der Waals surface area contributed by atoms with E-state index in [0.717, 1.165) is 17.3 Å². The van der Waals surface area contributed by atoms with Gasteiger partial charge in [0.15, 0.2) is 0 Å². The summed E-state index contributed by atoms with van der Waals surface area (Å²) in [6, 6.07) is 33.5. The normalized spacial score (nSPS) is 17.3. The summed E-state index contributed by atoms with van der Waals surface area (Å²) in [5, 5.41) is 0. The molecule has 0 bridgehead atoms. The second-order valence-corrected chi connectivity index (χ2v) is 21.4. The predicted octanol–water partition coefficient (Wildman–Crippen LogP) is 19.8. The molecule has 2 unspecified atom stereocenters. The molecule has 4 N–H and O–H groups in total. The summed E-state index contributed by atoms with van der Waals surface area (Å²) < 4.78 is 0. The second-order valence-electron chi connectivity index (χ2n) is 21.4. The number of unbranched alkanes of at least 4 members (excludes halogenated alkanes) is 21. The van der Waals surface area contributed by atoms with Crippen molar-refractivity contribution in [3.8, 4) is 0 Å². The third kappa shape index (κ3) is 16.9. The summed E-state index contributed by atoms with van der Waals surface area (Å²) in [4.78, 5) is 0. The van der Waals surface area contributed by atoms with Crippen molar-refractivity contribution >= 4 is 11.4 Å². The van der Waals surface area contributed by atoms with Crippen LogP contribution in [0.2, 0.25) is 0 Å². The molecule has 0 radical (unpaired) electrons. The fraction of sp³-hybridized carbons (Fsp3) is 0.625. The van der Waals surface area contributed by atoms with Gasteiger partial charge in [-0.1, -0.05) is 242 Å². The highest BCUT2D eigenvalue weighted by Gasteiger charge is 2.38. The predicted molar refractivity (Wildman–Crippen MR) is 292 cm³/mol. The van der Waals surface area contributed by atoms with Crippen LogP contribution in [0.15, 0.2) is 84.9 Å². The van der Waals surface area contributed by atoms with Gasteiger partial charge in [-0.2, -0.15) is 0 Å². The van der Waals surface area contributed by atoms with Gasteiger partial charge in [-0.25, -0.2) is 0 Å². The van der Waals surface area contributed by atoms with Crippen LogP contribution in [0.1, 0.15) is 276 Å². The molecule has 1 fully saturated rings. The van der Waals surface area contributed by atoms with E-state index in [2.05, 4.69) is 120 Å². The van der Waals surface area contributed by atoms with Crippen molar-refractivity contribution in [2.75, 3.05) is 11.5 Å².